The van der Waals surface area contributed by atoms with Crippen LogP contribution < -0.4 is 0 Å². The van der Waals surface area contributed by atoms with E-state index < -0.39 is 0 Å². The highest BCUT2D eigenvalue weighted by Gasteiger charge is 2.28. The molecule has 1 fully saturated rings. The zero-order valence-electron chi connectivity index (χ0n) is 17.8. The predicted molar refractivity (Wildman–Crippen MR) is 113 cm³/mol. The van der Waals surface area contributed by atoms with Crippen molar-refractivity contribution in [3.8, 4) is 0 Å². The first kappa shape index (κ1) is 20.1. The Morgan fingerprint density at radius 2 is 1.70 bits per heavy atom. The maximum Gasteiger partial charge on any atom is 0.289 e. The molecule has 0 N–H and O–H groups in total. The molecule has 30 heavy (non-hydrogen) atoms. The van der Waals surface area contributed by atoms with Crippen LogP contribution in [0, 0.1) is 0 Å². The summed E-state index contributed by atoms with van der Waals surface area (Å²) in [5, 5.41) is 5.24. The van der Waals surface area contributed by atoms with Crippen molar-refractivity contribution in [3.63, 3.8) is 0 Å². The Balaban J connectivity index is 1.58. The number of furan rings is 1. The summed E-state index contributed by atoms with van der Waals surface area (Å²) in [5.74, 6) is 0.337. The van der Waals surface area contributed by atoms with Crippen LogP contribution in [0.25, 0.3) is 11.0 Å². The van der Waals surface area contributed by atoms with Crippen LogP contribution in [0.1, 0.15) is 66.3 Å². The van der Waals surface area contributed by atoms with Gasteiger partial charge >= 0.3 is 0 Å². The number of hydrogen-bond acceptors (Lipinski definition) is 5. The van der Waals surface area contributed by atoms with E-state index in [1.807, 2.05) is 24.6 Å². The van der Waals surface area contributed by atoms with Crippen LogP contribution in [-0.2, 0) is 0 Å². The van der Waals surface area contributed by atoms with Crippen molar-refractivity contribution in [1.82, 2.24) is 24.6 Å². The lowest BCUT2D eigenvalue weighted by atomic mass is 10.0. The van der Waals surface area contributed by atoms with Gasteiger partial charge in [0.05, 0.1) is 23.4 Å². The predicted octanol–water partition coefficient (Wildman–Crippen LogP) is 3.33. The Labute approximate surface area is 175 Å². The van der Waals surface area contributed by atoms with Crippen molar-refractivity contribution >= 4 is 22.8 Å². The molecule has 4 heterocycles. The number of carbonyl (C=O) groups excluding carboxylic acids is 2. The zero-order chi connectivity index (χ0) is 21.4. The fourth-order valence-electron chi connectivity index (χ4n) is 3.73. The molecule has 0 aliphatic carbocycles. The topological polar surface area (TPSA) is 84.5 Å². The van der Waals surface area contributed by atoms with Crippen molar-refractivity contribution in [2.24, 2.45) is 0 Å². The number of amides is 2. The normalized spacial score (nSPS) is 14.9. The van der Waals surface area contributed by atoms with Gasteiger partial charge in [-0.2, -0.15) is 5.10 Å². The summed E-state index contributed by atoms with van der Waals surface area (Å²) in [6.07, 6.45) is 3.22. The molecule has 3 aromatic rings. The van der Waals surface area contributed by atoms with E-state index in [1.165, 1.54) is 6.26 Å². The second-order valence-electron chi connectivity index (χ2n) is 8.23. The Hall–Kier alpha value is -3.16. The van der Waals surface area contributed by atoms with Gasteiger partial charge in [-0.15, -0.1) is 0 Å². The highest BCUT2D eigenvalue weighted by atomic mass is 16.3. The molecule has 3 aromatic heterocycles. The maximum absolute atomic E-state index is 13.4. The number of hydrogen-bond donors (Lipinski definition) is 0. The number of nitrogens with zero attached hydrogens (tertiary/aromatic N) is 5. The molecule has 0 unspecified atom stereocenters. The summed E-state index contributed by atoms with van der Waals surface area (Å²) in [4.78, 5) is 34.2. The molecular weight excluding hydrogens is 382 g/mol. The number of piperazine rings is 1. The number of rotatable bonds is 4. The molecule has 0 radical (unpaired) electrons. The Morgan fingerprint density at radius 1 is 1.03 bits per heavy atom. The lowest BCUT2D eigenvalue weighted by Crippen LogP contribution is -2.50. The monoisotopic (exact) mass is 409 g/mol. The summed E-state index contributed by atoms with van der Waals surface area (Å²) >= 11 is 0. The summed E-state index contributed by atoms with van der Waals surface area (Å²) in [7, 11) is 0. The van der Waals surface area contributed by atoms with Crippen molar-refractivity contribution < 1.29 is 14.0 Å². The van der Waals surface area contributed by atoms with Gasteiger partial charge in [0.15, 0.2) is 11.4 Å². The first-order chi connectivity index (χ1) is 14.4. The summed E-state index contributed by atoms with van der Waals surface area (Å²) in [6, 6.07) is 5.40. The molecule has 0 atom stereocenters. The number of aromatic nitrogens is 3. The third-order valence-electron chi connectivity index (χ3n) is 5.48. The van der Waals surface area contributed by atoms with Gasteiger partial charge < -0.3 is 14.2 Å². The molecule has 4 rings (SSSR count). The maximum atomic E-state index is 13.4. The molecule has 0 saturated carbocycles. The van der Waals surface area contributed by atoms with E-state index in [0.29, 0.717) is 37.5 Å². The Morgan fingerprint density at radius 3 is 2.27 bits per heavy atom. The van der Waals surface area contributed by atoms with Crippen LogP contribution in [0.2, 0.25) is 0 Å². The molecular formula is C22H27N5O3. The van der Waals surface area contributed by atoms with Crippen LogP contribution in [0.3, 0.4) is 0 Å². The SMILES string of the molecule is CC(C)c1cc(C(=O)N2CCN(C(=O)c3ccco3)CC2)c2cnn(C(C)C)c2n1. The van der Waals surface area contributed by atoms with E-state index in [1.54, 1.807) is 28.1 Å². The van der Waals surface area contributed by atoms with Gasteiger partial charge in [0, 0.05) is 37.9 Å². The summed E-state index contributed by atoms with van der Waals surface area (Å²) < 4.78 is 7.07. The van der Waals surface area contributed by atoms with E-state index in [-0.39, 0.29) is 23.8 Å². The zero-order valence-corrected chi connectivity index (χ0v) is 17.8. The number of carbonyl (C=O) groups is 2. The van der Waals surface area contributed by atoms with Gasteiger partial charge in [-0.05, 0) is 38.0 Å². The minimum Gasteiger partial charge on any atom is -0.459 e. The van der Waals surface area contributed by atoms with Crippen LogP contribution in [0.15, 0.2) is 35.1 Å². The quantitative estimate of drug-likeness (QED) is 0.660. The van der Waals surface area contributed by atoms with E-state index in [4.69, 9.17) is 9.40 Å². The number of fused-ring (bicyclic) bond motifs is 1. The van der Waals surface area contributed by atoms with Crippen molar-refractivity contribution in [2.45, 2.75) is 39.7 Å². The van der Waals surface area contributed by atoms with Gasteiger partial charge in [0.1, 0.15) is 0 Å². The largest absolute Gasteiger partial charge is 0.459 e. The molecule has 0 spiro atoms. The average molecular weight is 409 g/mol. The lowest BCUT2D eigenvalue weighted by Gasteiger charge is -2.34. The third-order valence-corrected chi connectivity index (χ3v) is 5.48. The second kappa shape index (κ2) is 7.93. The fraction of sp³-hybridized carbons (Fsp3) is 0.455. The molecule has 1 aliphatic rings. The molecule has 1 saturated heterocycles. The van der Waals surface area contributed by atoms with Crippen LogP contribution in [-0.4, -0.2) is 62.6 Å². The molecule has 0 bridgehead atoms. The smallest absolute Gasteiger partial charge is 0.289 e. The first-order valence-electron chi connectivity index (χ1n) is 10.4. The van der Waals surface area contributed by atoms with Crippen molar-refractivity contribution in [1.29, 1.82) is 0 Å². The first-order valence-corrected chi connectivity index (χ1v) is 10.4. The molecule has 2 amide bonds. The van der Waals surface area contributed by atoms with Crippen LogP contribution in [0.4, 0.5) is 0 Å². The van der Waals surface area contributed by atoms with E-state index >= 15 is 0 Å². The van der Waals surface area contributed by atoms with Gasteiger partial charge in [-0.25, -0.2) is 9.67 Å². The van der Waals surface area contributed by atoms with Crippen LogP contribution >= 0.6 is 0 Å². The molecule has 8 heteroatoms. The average Bonchev–Trinajstić information content (AvgIpc) is 3.42. The van der Waals surface area contributed by atoms with E-state index in [2.05, 4.69) is 18.9 Å². The second-order valence-corrected chi connectivity index (χ2v) is 8.23. The van der Waals surface area contributed by atoms with Crippen molar-refractivity contribution in [2.75, 3.05) is 26.2 Å². The minimum absolute atomic E-state index is 0.0438. The van der Waals surface area contributed by atoms with Gasteiger partial charge in [-0.3, -0.25) is 9.59 Å². The summed E-state index contributed by atoms with van der Waals surface area (Å²) in [6.45, 7) is 10.1. The van der Waals surface area contributed by atoms with Gasteiger partial charge in [0.25, 0.3) is 11.8 Å². The standard InChI is InChI=1S/C22H27N5O3/c1-14(2)18-12-16(17-13-23-27(15(3)4)20(17)24-18)21(28)25-7-9-26(10-8-25)22(29)19-6-5-11-30-19/h5-6,11-15H,7-10H2,1-4H3. The molecule has 8 nitrogen and oxygen atoms in total. The van der Waals surface area contributed by atoms with Gasteiger partial charge in [0.2, 0.25) is 0 Å². The highest BCUT2D eigenvalue weighted by Crippen LogP contribution is 2.26. The lowest BCUT2D eigenvalue weighted by molar-refractivity contribution is 0.0519. The third kappa shape index (κ3) is 3.58. The highest BCUT2D eigenvalue weighted by molar-refractivity contribution is 6.05. The fourth-order valence-corrected chi connectivity index (χ4v) is 3.73. The number of pyridine rings is 1. The van der Waals surface area contributed by atoms with E-state index in [0.717, 1.165) is 16.7 Å². The molecule has 158 valence electrons. The molecule has 1 aliphatic heterocycles. The summed E-state index contributed by atoms with van der Waals surface area (Å²) in [5.41, 5.74) is 2.24. The Bertz CT molecular complexity index is 1060. The minimum atomic E-state index is -0.140. The van der Waals surface area contributed by atoms with Crippen molar-refractivity contribution in [3.05, 3.63) is 47.7 Å². The Kier molecular flexibility index (Phi) is 5.32. The van der Waals surface area contributed by atoms with Gasteiger partial charge in [-0.1, -0.05) is 13.8 Å². The van der Waals surface area contributed by atoms with Crippen LogP contribution in [0.5, 0.6) is 0 Å². The molecule has 0 aromatic carbocycles. The van der Waals surface area contributed by atoms with E-state index in [9.17, 15) is 9.59 Å².